The zero-order chi connectivity index (χ0) is 26.7. The van der Waals surface area contributed by atoms with Crippen LogP contribution in [0.3, 0.4) is 0 Å². The Kier molecular flexibility index (Phi) is 8.17. The number of carbonyl (C=O) groups excluding carboxylic acids is 1. The first-order valence-corrected chi connectivity index (χ1v) is 12.4. The highest BCUT2D eigenvalue weighted by Crippen LogP contribution is 2.38. The van der Waals surface area contributed by atoms with Crippen LogP contribution in [0.1, 0.15) is 23.5 Å². The quantitative estimate of drug-likeness (QED) is 0.451. The fourth-order valence-electron chi connectivity index (χ4n) is 4.09. The summed E-state index contributed by atoms with van der Waals surface area (Å²) in [4.78, 5) is 34.1. The molecule has 37 heavy (non-hydrogen) atoms. The fourth-order valence-corrected chi connectivity index (χ4v) is 4.95. The monoisotopic (exact) mass is 558 g/mol. The minimum Gasteiger partial charge on any atom is -0.480 e. The number of aliphatic carboxylic acids is 1. The van der Waals surface area contributed by atoms with Crippen LogP contribution in [0.25, 0.3) is 0 Å². The van der Waals surface area contributed by atoms with Crippen molar-refractivity contribution in [2.24, 2.45) is 4.99 Å². The average Bonchev–Trinajstić information content (AvgIpc) is 3.45. The Hall–Kier alpha value is -3.00. The molecule has 1 aromatic carbocycles. The van der Waals surface area contributed by atoms with Crippen LogP contribution in [0.5, 0.6) is 0 Å². The number of nitrogens with one attached hydrogen (secondary N) is 1. The number of carbonyl (C=O) groups is 2. The number of nitrogens with zero attached hydrogens (tertiary/aromatic N) is 3. The third-order valence-corrected chi connectivity index (χ3v) is 6.74. The first-order valence-electron chi connectivity index (χ1n) is 11.1. The summed E-state index contributed by atoms with van der Waals surface area (Å²) < 4.78 is 53.1. The second-order valence-electron chi connectivity index (χ2n) is 8.25. The molecular weight excluding hydrogens is 537 g/mol. The molecule has 1 fully saturated rings. The summed E-state index contributed by atoms with van der Waals surface area (Å²) >= 11 is 7.59. The molecule has 2 aromatic rings. The summed E-state index contributed by atoms with van der Waals surface area (Å²) in [6, 6.07) is 2.62. The van der Waals surface area contributed by atoms with Crippen molar-refractivity contribution in [3.63, 3.8) is 0 Å². The van der Waals surface area contributed by atoms with Gasteiger partial charge in [-0.05, 0) is 19.1 Å². The Labute approximate surface area is 218 Å². The molecule has 4 rings (SSSR count). The van der Waals surface area contributed by atoms with Gasteiger partial charge in [0.1, 0.15) is 24.6 Å². The van der Waals surface area contributed by atoms with Crippen molar-refractivity contribution in [1.29, 1.82) is 0 Å². The van der Waals surface area contributed by atoms with E-state index in [1.54, 1.807) is 18.5 Å². The lowest BCUT2D eigenvalue weighted by Crippen LogP contribution is -2.39. The average molecular weight is 559 g/mol. The number of hydrogen-bond donors (Lipinski definition) is 2. The Balaban J connectivity index is 1.74. The highest BCUT2D eigenvalue weighted by Gasteiger charge is 2.49. The predicted octanol–water partition coefficient (Wildman–Crippen LogP) is 3.26. The molecule has 3 heterocycles. The van der Waals surface area contributed by atoms with Gasteiger partial charge < -0.3 is 19.9 Å². The van der Waals surface area contributed by atoms with Gasteiger partial charge in [-0.25, -0.2) is 27.7 Å². The number of esters is 1. The first-order chi connectivity index (χ1) is 17.6. The number of hydrogen-bond acceptors (Lipinski definition) is 9. The molecule has 2 atom stereocenters. The third-order valence-electron chi connectivity index (χ3n) is 5.63. The molecule has 2 aliphatic rings. The van der Waals surface area contributed by atoms with Gasteiger partial charge in [-0.15, -0.1) is 11.3 Å². The number of carboxylic acid groups (broad SMARTS) is 1. The lowest BCUT2D eigenvalue weighted by molar-refractivity contribution is -0.152. The number of rotatable bonds is 9. The van der Waals surface area contributed by atoms with Crippen LogP contribution in [0.4, 0.5) is 13.2 Å². The van der Waals surface area contributed by atoms with Gasteiger partial charge >= 0.3 is 11.9 Å². The van der Waals surface area contributed by atoms with Crippen LogP contribution < -0.4 is 5.32 Å². The van der Waals surface area contributed by atoms with E-state index < -0.39 is 49.0 Å². The molecule has 1 aromatic heterocycles. The van der Waals surface area contributed by atoms with Crippen LogP contribution in [-0.2, 0) is 19.1 Å². The molecule has 0 bridgehead atoms. The van der Waals surface area contributed by atoms with Crippen molar-refractivity contribution in [2.75, 3.05) is 32.8 Å². The van der Waals surface area contributed by atoms with Gasteiger partial charge in [0.15, 0.2) is 10.8 Å². The minimum atomic E-state index is -3.32. The van der Waals surface area contributed by atoms with E-state index in [1.165, 1.54) is 28.4 Å². The van der Waals surface area contributed by atoms with Crippen LogP contribution >= 0.6 is 22.9 Å². The highest BCUT2D eigenvalue weighted by molar-refractivity contribution is 7.11. The molecule has 9 nitrogen and oxygen atoms in total. The standard InChI is InChI=1S/C23H22ClF3N4O5S/c1-2-35-22(34)18-15(8-31-9-16(23(26,27)11-31)36-10-17(32)33)29-20(21-28-5-6-37-21)30-19(18)13-4-3-12(25)7-14(13)24/h3-7,16,19H,2,8-11H2,1H3,(H,29,30)(H,32,33). The van der Waals surface area contributed by atoms with Crippen molar-refractivity contribution in [1.82, 2.24) is 15.2 Å². The van der Waals surface area contributed by atoms with Crippen molar-refractivity contribution in [3.05, 3.63) is 62.5 Å². The van der Waals surface area contributed by atoms with Crippen LogP contribution in [0.2, 0.25) is 5.02 Å². The lowest BCUT2D eigenvalue weighted by atomic mass is 9.95. The van der Waals surface area contributed by atoms with Crippen molar-refractivity contribution in [2.45, 2.75) is 25.0 Å². The number of amidine groups is 1. The Bertz CT molecular complexity index is 1240. The highest BCUT2D eigenvalue weighted by atomic mass is 35.5. The topological polar surface area (TPSA) is 113 Å². The minimum absolute atomic E-state index is 0.0186. The second-order valence-corrected chi connectivity index (χ2v) is 9.55. The van der Waals surface area contributed by atoms with Gasteiger partial charge in [-0.1, -0.05) is 17.7 Å². The Morgan fingerprint density at radius 1 is 1.38 bits per heavy atom. The molecule has 0 amide bonds. The van der Waals surface area contributed by atoms with E-state index in [0.717, 1.165) is 6.07 Å². The number of aromatic nitrogens is 1. The number of likely N-dealkylation sites (tertiary alicyclic amines) is 1. The number of ether oxygens (including phenoxy) is 2. The summed E-state index contributed by atoms with van der Waals surface area (Å²) in [6.07, 6.45) is -0.0898. The Morgan fingerprint density at radius 2 is 2.16 bits per heavy atom. The molecule has 0 aliphatic carbocycles. The fraction of sp³-hybridized carbons (Fsp3) is 0.391. The molecule has 14 heteroatoms. The maximum atomic E-state index is 14.6. The Morgan fingerprint density at radius 3 is 2.81 bits per heavy atom. The zero-order valence-corrected chi connectivity index (χ0v) is 21.0. The number of thiazole rings is 1. The molecule has 2 N–H and O–H groups in total. The van der Waals surface area contributed by atoms with Crippen LogP contribution in [0.15, 0.2) is 46.0 Å². The molecule has 1 saturated heterocycles. The zero-order valence-electron chi connectivity index (χ0n) is 19.4. The van der Waals surface area contributed by atoms with E-state index in [1.807, 2.05) is 0 Å². The van der Waals surface area contributed by atoms with Gasteiger partial charge in [-0.2, -0.15) is 0 Å². The maximum absolute atomic E-state index is 14.6. The van der Waals surface area contributed by atoms with E-state index >= 15 is 0 Å². The maximum Gasteiger partial charge on any atom is 0.338 e. The molecular formula is C23H22ClF3N4O5S. The molecule has 0 saturated carbocycles. The molecule has 0 radical (unpaired) electrons. The van der Waals surface area contributed by atoms with E-state index in [9.17, 15) is 22.8 Å². The van der Waals surface area contributed by atoms with E-state index in [0.29, 0.717) is 10.6 Å². The van der Waals surface area contributed by atoms with Gasteiger partial charge in [-0.3, -0.25) is 9.89 Å². The lowest BCUT2D eigenvalue weighted by Gasteiger charge is -2.29. The summed E-state index contributed by atoms with van der Waals surface area (Å²) in [5.41, 5.74) is 0.557. The summed E-state index contributed by atoms with van der Waals surface area (Å²) in [5.74, 6) is -5.74. The van der Waals surface area contributed by atoms with E-state index in [-0.39, 0.29) is 41.8 Å². The largest absolute Gasteiger partial charge is 0.480 e. The van der Waals surface area contributed by atoms with E-state index in [4.69, 9.17) is 26.2 Å². The second kappa shape index (κ2) is 11.2. The number of alkyl halides is 2. The number of carboxylic acids is 1. The smallest absolute Gasteiger partial charge is 0.338 e. The van der Waals surface area contributed by atoms with Gasteiger partial charge in [0, 0.05) is 40.9 Å². The third kappa shape index (κ3) is 6.12. The summed E-state index contributed by atoms with van der Waals surface area (Å²) in [7, 11) is 0. The molecule has 2 aliphatic heterocycles. The number of aliphatic imine (C=N–C) groups is 1. The van der Waals surface area contributed by atoms with Gasteiger partial charge in [0.25, 0.3) is 5.92 Å². The summed E-state index contributed by atoms with van der Waals surface area (Å²) in [5, 5.41) is 14.0. The van der Waals surface area contributed by atoms with Gasteiger partial charge in [0.2, 0.25) is 0 Å². The van der Waals surface area contributed by atoms with Crippen molar-refractivity contribution in [3.8, 4) is 0 Å². The van der Waals surface area contributed by atoms with E-state index in [2.05, 4.69) is 15.3 Å². The number of halogens is 4. The molecule has 2 unspecified atom stereocenters. The SMILES string of the molecule is CCOC(=O)C1=C(CN2CC(OCC(=O)O)C(F)(F)C2)NC(c2nccs2)=NC1c1ccc(F)cc1Cl. The number of benzene rings is 1. The normalized spacial score (nSPS) is 21.5. The molecule has 0 spiro atoms. The van der Waals surface area contributed by atoms with Gasteiger partial charge in [0.05, 0.1) is 18.7 Å². The summed E-state index contributed by atoms with van der Waals surface area (Å²) in [6.45, 7) is -0.400. The predicted molar refractivity (Wildman–Crippen MR) is 128 cm³/mol. The van der Waals surface area contributed by atoms with Crippen LogP contribution in [0, 0.1) is 5.82 Å². The molecule has 198 valence electrons. The van der Waals surface area contributed by atoms with Crippen molar-refractivity contribution >= 4 is 40.7 Å². The first kappa shape index (κ1) is 27.0. The van der Waals surface area contributed by atoms with Crippen molar-refractivity contribution < 1.29 is 37.3 Å². The van der Waals surface area contributed by atoms with Crippen LogP contribution in [-0.4, -0.2) is 77.6 Å².